The molecule has 1 aromatic rings. The van der Waals surface area contributed by atoms with E-state index in [1.807, 2.05) is 41.0 Å². The Morgan fingerprint density at radius 1 is 1.00 bits per heavy atom. The molecule has 3 rings (SSSR count). The molecular formula is C22H32N2O5. The van der Waals surface area contributed by atoms with Gasteiger partial charge < -0.3 is 24.0 Å². The summed E-state index contributed by atoms with van der Waals surface area (Å²) >= 11 is 0. The number of hydrogen-bond acceptors (Lipinski definition) is 5. The fraction of sp³-hybridized carbons (Fsp3) is 0.636. The quantitative estimate of drug-likeness (QED) is 0.622. The number of amides is 2. The largest absolute Gasteiger partial charge is 0.494 e. The fourth-order valence-electron chi connectivity index (χ4n) is 4.18. The molecule has 0 radical (unpaired) electrons. The predicted molar refractivity (Wildman–Crippen MR) is 109 cm³/mol. The van der Waals surface area contributed by atoms with E-state index in [0.29, 0.717) is 25.4 Å². The highest BCUT2D eigenvalue weighted by Crippen LogP contribution is 2.40. The van der Waals surface area contributed by atoms with Crippen molar-refractivity contribution in [3.63, 3.8) is 0 Å². The molecule has 0 aliphatic carbocycles. The molecule has 0 bridgehead atoms. The van der Waals surface area contributed by atoms with Crippen molar-refractivity contribution in [1.29, 1.82) is 0 Å². The van der Waals surface area contributed by atoms with Gasteiger partial charge in [0.05, 0.1) is 19.8 Å². The van der Waals surface area contributed by atoms with Crippen LogP contribution in [0, 0.1) is 5.41 Å². The zero-order valence-corrected chi connectivity index (χ0v) is 17.5. The van der Waals surface area contributed by atoms with Gasteiger partial charge in [-0.05, 0) is 55.9 Å². The Bertz CT molecular complexity index is 683. The third-order valence-electron chi connectivity index (χ3n) is 5.97. The smallest absolute Gasteiger partial charge is 0.253 e. The summed E-state index contributed by atoms with van der Waals surface area (Å²) in [5.41, 5.74) is 0.832. The van der Waals surface area contributed by atoms with Crippen molar-refractivity contribution in [2.45, 2.75) is 26.2 Å². The van der Waals surface area contributed by atoms with E-state index < -0.39 is 0 Å². The van der Waals surface area contributed by atoms with Crippen LogP contribution in [-0.2, 0) is 14.3 Å². The van der Waals surface area contributed by atoms with Crippen molar-refractivity contribution in [3.05, 3.63) is 29.8 Å². The average Bonchev–Trinajstić information content (AvgIpc) is 3.16. The lowest BCUT2D eigenvalue weighted by Crippen LogP contribution is -2.45. The van der Waals surface area contributed by atoms with E-state index in [9.17, 15) is 9.59 Å². The molecular weight excluding hydrogens is 372 g/mol. The van der Waals surface area contributed by atoms with E-state index in [1.54, 1.807) is 7.11 Å². The first kappa shape index (κ1) is 21.6. The average molecular weight is 405 g/mol. The van der Waals surface area contributed by atoms with Crippen LogP contribution < -0.4 is 4.74 Å². The maximum absolute atomic E-state index is 12.8. The van der Waals surface area contributed by atoms with Crippen molar-refractivity contribution >= 4 is 11.8 Å². The van der Waals surface area contributed by atoms with Crippen LogP contribution in [0.25, 0.3) is 0 Å². The number of nitrogens with zero attached hydrogens (tertiary/aromatic N) is 2. The number of piperidine rings is 1. The number of benzene rings is 1. The second-order valence-corrected chi connectivity index (χ2v) is 7.86. The topological polar surface area (TPSA) is 68.3 Å². The van der Waals surface area contributed by atoms with Gasteiger partial charge in [0.1, 0.15) is 12.4 Å². The third-order valence-corrected chi connectivity index (χ3v) is 5.97. The Morgan fingerprint density at radius 2 is 1.66 bits per heavy atom. The number of likely N-dealkylation sites (tertiary alicyclic amines) is 2. The highest BCUT2D eigenvalue weighted by molar-refractivity contribution is 5.94. The minimum Gasteiger partial charge on any atom is -0.494 e. The number of carbonyl (C=O) groups is 2. The van der Waals surface area contributed by atoms with Crippen molar-refractivity contribution in [2.24, 2.45) is 5.41 Å². The molecule has 2 heterocycles. The minimum absolute atomic E-state index is 0.0471. The molecule has 2 aliphatic heterocycles. The molecule has 29 heavy (non-hydrogen) atoms. The molecule has 7 heteroatoms. The number of ether oxygens (including phenoxy) is 3. The molecule has 160 valence electrons. The molecule has 0 saturated carbocycles. The Labute approximate surface area is 172 Å². The van der Waals surface area contributed by atoms with Crippen LogP contribution in [0.3, 0.4) is 0 Å². The van der Waals surface area contributed by atoms with Gasteiger partial charge in [-0.15, -0.1) is 0 Å². The first-order chi connectivity index (χ1) is 14.1. The summed E-state index contributed by atoms with van der Waals surface area (Å²) in [4.78, 5) is 29.0. The van der Waals surface area contributed by atoms with Gasteiger partial charge in [0.25, 0.3) is 5.91 Å². The molecule has 0 atom stereocenters. The van der Waals surface area contributed by atoms with Crippen LogP contribution in [0.1, 0.15) is 36.5 Å². The minimum atomic E-state index is 0.0471. The molecule has 2 amide bonds. The van der Waals surface area contributed by atoms with Crippen LogP contribution in [0.2, 0.25) is 0 Å². The highest BCUT2D eigenvalue weighted by Gasteiger charge is 2.42. The number of carbonyl (C=O) groups excluding carboxylic acids is 2. The highest BCUT2D eigenvalue weighted by atomic mass is 16.5. The zero-order chi connectivity index (χ0) is 20.7. The first-order valence-corrected chi connectivity index (χ1v) is 10.4. The van der Waals surface area contributed by atoms with Gasteiger partial charge in [-0.3, -0.25) is 9.59 Å². The van der Waals surface area contributed by atoms with Gasteiger partial charge in [0, 0.05) is 38.9 Å². The van der Waals surface area contributed by atoms with Crippen LogP contribution in [-0.4, -0.2) is 81.3 Å². The molecule has 0 aromatic heterocycles. The molecule has 7 nitrogen and oxygen atoms in total. The van der Waals surface area contributed by atoms with Gasteiger partial charge in [0.15, 0.2) is 0 Å². The van der Waals surface area contributed by atoms with E-state index in [1.165, 1.54) is 0 Å². The maximum Gasteiger partial charge on any atom is 0.253 e. The number of hydrogen-bond donors (Lipinski definition) is 0. The Kier molecular flexibility index (Phi) is 7.50. The lowest BCUT2D eigenvalue weighted by atomic mass is 9.77. The standard InChI is InChI=1S/C22H32N2O5/c1-3-29-19-6-4-18(5-7-19)21(26)23-11-8-22(9-12-23)10-13-24(17-22)20(25)16-28-15-14-27-2/h4-7H,3,8-17H2,1-2H3. The van der Waals surface area contributed by atoms with Gasteiger partial charge in [-0.25, -0.2) is 0 Å². The fourth-order valence-corrected chi connectivity index (χ4v) is 4.18. The molecule has 2 saturated heterocycles. The maximum atomic E-state index is 12.8. The van der Waals surface area contributed by atoms with Crippen molar-refractivity contribution in [3.8, 4) is 5.75 Å². The zero-order valence-electron chi connectivity index (χ0n) is 17.5. The van der Waals surface area contributed by atoms with Gasteiger partial charge >= 0.3 is 0 Å². The third kappa shape index (κ3) is 5.48. The monoisotopic (exact) mass is 404 g/mol. The van der Waals surface area contributed by atoms with Crippen molar-refractivity contribution < 1.29 is 23.8 Å². The number of rotatable bonds is 8. The molecule has 0 unspecified atom stereocenters. The van der Waals surface area contributed by atoms with E-state index >= 15 is 0 Å². The van der Waals surface area contributed by atoms with Crippen LogP contribution in [0.4, 0.5) is 0 Å². The van der Waals surface area contributed by atoms with E-state index in [0.717, 1.165) is 51.2 Å². The van der Waals surface area contributed by atoms with Gasteiger partial charge in [-0.2, -0.15) is 0 Å². The van der Waals surface area contributed by atoms with Crippen molar-refractivity contribution in [2.75, 3.05) is 59.7 Å². The predicted octanol–water partition coefficient (Wildman–Crippen LogP) is 2.20. The summed E-state index contributed by atoms with van der Waals surface area (Å²) in [6.07, 6.45) is 2.87. The molecule has 0 N–H and O–H groups in total. The Balaban J connectivity index is 1.47. The van der Waals surface area contributed by atoms with Crippen LogP contribution in [0.15, 0.2) is 24.3 Å². The van der Waals surface area contributed by atoms with Crippen molar-refractivity contribution in [1.82, 2.24) is 9.80 Å². The normalized spacial score (nSPS) is 18.3. The van der Waals surface area contributed by atoms with Gasteiger partial charge in [0.2, 0.25) is 5.91 Å². The summed E-state index contributed by atoms with van der Waals surface area (Å²) in [6.45, 7) is 6.61. The van der Waals surface area contributed by atoms with E-state index in [-0.39, 0.29) is 23.8 Å². The van der Waals surface area contributed by atoms with E-state index in [2.05, 4.69) is 0 Å². The Hall–Kier alpha value is -2.12. The number of methoxy groups -OCH3 is 1. The first-order valence-electron chi connectivity index (χ1n) is 10.4. The van der Waals surface area contributed by atoms with Crippen LogP contribution >= 0.6 is 0 Å². The second-order valence-electron chi connectivity index (χ2n) is 7.86. The summed E-state index contributed by atoms with van der Waals surface area (Å²) in [5, 5.41) is 0. The molecule has 2 aliphatic rings. The van der Waals surface area contributed by atoms with Crippen LogP contribution in [0.5, 0.6) is 5.75 Å². The SMILES string of the molecule is CCOc1ccc(C(=O)N2CCC3(CCN(C(=O)COCCOC)C3)CC2)cc1. The molecule has 1 aromatic carbocycles. The molecule has 2 fully saturated rings. The lowest BCUT2D eigenvalue weighted by molar-refractivity contribution is -0.136. The summed E-state index contributed by atoms with van der Waals surface area (Å²) in [5.74, 6) is 0.898. The lowest BCUT2D eigenvalue weighted by Gasteiger charge is -2.39. The Morgan fingerprint density at radius 3 is 2.28 bits per heavy atom. The summed E-state index contributed by atoms with van der Waals surface area (Å²) in [7, 11) is 1.61. The second kappa shape index (κ2) is 10.1. The summed E-state index contributed by atoms with van der Waals surface area (Å²) in [6, 6.07) is 7.35. The van der Waals surface area contributed by atoms with E-state index in [4.69, 9.17) is 14.2 Å². The summed E-state index contributed by atoms with van der Waals surface area (Å²) < 4.78 is 15.7. The molecule has 1 spiro atoms. The van der Waals surface area contributed by atoms with Gasteiger partial charge in [-0.1, -0.05) is 0 Å².